The maximum Gasteiger partial charge on any atom is 0.159 e. The maximum atomic E-state index is 5.70. The monoisotopic (exact) mass is 321 g/mol. The van der Waals surface area contributed by atoms with Gasteiger partial charge in [-0.2, -0.15) is 10.2 Å². The molecule has 0 saturated heterocycles. The van der Waals surface area contributed by atoms with Crippen LogP contribution in [-0.2, 0) is 0 Å². The molecule has 0 fully saturated rings. The van der Waals surface area contributed by atoms with E-state index in [0.29, 0.717) is 11.6 Å². The third-order valence-corrected chi connectivity index (χ3v) is 3.55. The first-order valence-electron chi connectivity index (χ1n) is 7.55. The molecule has 0 unspecified atom stereocenters. The highest BCUT2D eigenvalue weighted by Gasteiger charge is 2.06. The summed E-state index contributed by atoms with van der Waals surface area (Å²) in [5, 5.41) is 8.79. The fourth-order valence-electron chi connectivity index (χ4n) is 2.31. The highest BCUT2D eigenvalue weighted by Crippen LogP contribution is 2.13. The molecule has 0 aliphatic carbocycles. The number of anilines is 2. The summed E-state index contributed by atoms with van der Waals surface area (Å²) < 4.78 is 1.78. The van der Waals surface area contributed by atoms with E-state index >= 15 is 0 Å². The summed E-state index contributed by atoms with van der Waals surface area (Å²) in [6.07, 6.45) is 1.49. The number of hydrogen-bond acceptors (Lipinski definition) is 6. The van der Waals surface area contributed by atoms with Crippen molar-refractivity contribution in [1.29, 1.82) is 0 Å². The number of rotatable bonds is 4. The van der Waals surface area contributed by atoms with E-state index in [2.05, 4.69) is 25.6 Å². The number of aromatic nitrogens is 4. The quantitative estimate of drug-likeness (QED) is 0.438. The van der Waals surface area contributed by atoms with Gasteiger partial charge in [0.05, 0.1) is 11.4 Å². The van der Waals surface area contributed by atoms with Gasteiger partial charge in [-0.1, -0.05) is 12.1 Å². The summed E-state index contributed by atoms with van der Waals surface area (Å²) in [4.78, 5) is 8.46. The molecule has 2 aromatic heterocycles. The second kappa shape index (κ2) is 6.49. The van der Waals surface area contributed by atoms with Crippen molar-refractivity contribution in [3.05, 3.63) is 59.7 Å². The van der Waals surface area contributed by atoms with Crippen LogP contribution in [0.15, 0.2) is 47.8 Å². The third kappa shape index (κ3) is 3.40. The lowest BCUT2D eigenvalue weighted by molar-refractivity contribution is 0.801. The molecular weight excluding hydrogens is 302 g/mol. The summed E-state index contributed by atoms with van der Waals surface area (Å²) in [5.74, 6) is 1.29. The number of hydrogen-bond donors (Lipinski definition) is 2. The second-order valence-electron chi connectivity index (χ2n) is 5.53. The van der Waals surface area contributed by atoms with Gasteiger partial charge in [0.1, 0.15) is 6.33 Å². The molecule has 122 valence electrons. The molecule has 7 nitrogen and oxygen atoms in total. The Morgan fingerprint density at radius 2 is 1.88 bits per heavy atom. The number of aryl methyl sites for hydroxylation is 2. The number of nitrogens with one attached hydrogen (secondary N) is 1. The summed E-state index contributed by atoms with van der Waals surface area (Å²) in [6.45, 7) is 5.85. The predicted molar refractivity (Wildman–Crippen MR) is 95.3 cm³/mol. The van der Waals surface area contributed by atoms with Crippen LogP contribution in [0.5, 0.6) is 0 Å². The van der Waals surface area contributed by atoms with Crippen LogP contribution in [0.25, 0.3) is 5.82 Å². The lowest BCUT2D eigenvalue weighted by Gasteiger charge is -2.06. The van der Waals surface area contributed by atoms with Crippen LogP contribution >= 0.6 is 0 Å². The predicted octanol–water partition coefficient (Wildman–Crippen LogP) is 2.70. The van der Waals surface area contributed by atoms with E-state index in [4.69, 9.17) is 5.73 Å². The van der Waals surface area contributed by atoms with Crippen LogP contribution in [0.4, 0.5) is 11.5 Å². The first-order valence-corrected chi connectivity index (χ1v) is 7.55. The molecule has 1 aromatic carbocycles. The third-order valence-electron chi connectivity index (χ3n) is 3.55. The molecule has 24 heavy (non-hydrogen) atoms. The number of benzene rings is 1. The summed E-state index contributed by atoms with van der Waals surface area (Å²) in [6, 6.07) is 11.4. The largest absolute Gasteiger partial charge is 0.399 e. The van der Waals surface area contributed by atoms with Crippen molar-refractivity contribution in [2.45, 2.75) is 20.8 Å². The number of nitrogens with zero attached hydrogens (tertiary/aromatic N) is 5. The fourth-order valence-corrected chi connectivity index (χ4v) is 2.31. The van der Waals surface area contributed by atoms with Crippen molar-refractivity contribution in [2.24, 2.45) is 5.10 Å². The number of hydrazone groups is 1. The summed E-state index contributed by atoms with van der Waals surface area (Å²) >= 11 is 0. The molecule has 2 heterocycles. The van der Waals surface area contributed by atoms with E-state index in [1.165, 1.54) is 6.33 Å². The Morgan fingerprint density at radius 3 is 2.54 bits per heavy atom. The minimum Gasteiger partial charge on any atom is -0.399 e. The number of nitrogen functional groups attached to an aromatic ring is 1. The molecular formula is C17H19N7. The van der Waals surface area contributed by atoms with Crippen LogP contribution in [-0.4, -0.2) is 25.5 Å². The van der Waals surface area contributed by atoms with Gasteiger partial charge in [0.15, 0.2) is 11.6 Å². The average molecular weight is 321 g/mol. The minimum absolute atomic E-state index is 0.599. The standard InChI is InChI=1S/C17H19N7/c1-11-8-12(2)24(23-11)17-9-16(19-10-20-17)22-21-13(3)14-4-6-15(18)7-5-14/h4-10H,18H2,1-3H3,(H,19,20,22)/b21-13+. The van der Waals surface area contributed by atoms with Gasteiger partial charge in [0.25, 0.3) is 0 Å². The van der Waals surface area contributed by atoms with Crippen molar-refractivity contribution < 1.29 is 0 Å². The van der Waals surface area contributed by atoms with Crippen molar-refractivity contribution in [3.8, 4) is 5.82 Å². The molecule has 3 rings (SSSR count). The zero-order chi connectivity index (χ0) is 17.1. The smallest absolute Gasteiger partial charge is 0.159 e. The van der Waals surface area contributed by atoms with E-state index in [-0.39, 0.29) is 0 Å². The number of nitrogens with two attached hydrogens (primary N) is 1. The van der Waals surface area contributed by atoms with Crippen molar-refractivity contribution in [1.82, 2.24) is 19.7 Å². The van der Waals surface area contributed by atoms with Gasteiger partial charge in [-0.25, -0.2) is 14.6 Å². The fraction of sp³-hybridized carbons (Fsp3) is 0.176. The molecule has 0 aliphatic heterocycles. The van der Waals surface area contributed by atoms with Crippen LogP contribution in [0.2, 0.25) is 0 Å². The van der Waals surface area contributed by atoms with E-state index in [1.54, 1.807) is 10.7 Å². The lowest BCUT2D eigenvalue weighted by Crippen LogP contribution is -2.05. The van der Waals surface area contributed by atoms with Crippen molar-refractivity contribution >= 4 is 17.2 Å². The molecule has 0 aliphatic rings. The van der Waals surface area contributed by atoms with Gasteiger partial charge in [0.2, 0.25) is 0 Å². The van der Waals surface area contributed by atoms with Gasteiger partial charge < -0.3 is 5.73 Å². The summed E-state index contributed by atoms with van der Waals surface area (Å²) in [5.41, 5.74) is 13.2. The molecule has 3 N–H and O–H groups in total. The van der Waals surface area contributed by atoms with Crippen molar-refractivity contribution in [3.63, 3.8) is 0 Å². The first-order chi connectivity index (χ1) is 11.5. The Hall–Kier alpha value is -3.22. The maximum absolute atomic E-state index is 5.70. The van der Waals surface area contributed by atoms with E-state index in [9.17, 15) is 0 Å². The van der Waals surface area contributed by atoms with Gasteiger partial charge >= 0.3 is 0 Å². The van der Waals surface area contributed by atoms with E-state index < -0.39 is 0 Å². The Kier molecular flexibility index (Phi) is 4.24. The molecule has 0 amide bonds. The molecule has 3 aromatic rings. The minimum atomic E-state index is 0.599. The van der Waals surface area contributed by atoms with E-state index in [0.717, 1.165) is 28.4 Å². The topological polar surface area (TPSA) is 94.0 Å². The Morgan fingerprint density at radius 1 is 1.12 bits per heavy atom. The molecule has 7 heteroatoms. The first kappa shape index (κ1) is 15.7. The van der Waals surface area contributed by atoms with Crippen LogP contribution in [0, 0.1) is 13.8 Å². The molecule has 0 spiro atoms. The lowest BCUT2D eigenvalue weighted by atomic mass is 10.1. The van der Waals surface area contributed by atoms with Crippen molar-refractivity contribution in [2.75, 3.05) is 11.2 Å². The van der Waals surface area contributed by atoms with Crippen LogP contribution in [0.3, 0.4) is 0 Å². The van der Waals surface area contributed by atoms with Gasteiger partial charge in [-0.15, -0.1) is 0 Å². The van der Waals surface area contributed by atoms with Gasteiger partial charge in [-0.05, 0) is 44.5 Å². The van der Waals surface area contributed by atoms with Gasteiger partial charge in [-0.3, -0.25) is 5.43 Å². The molecule has 0 atom stereocenters. The van der Waals surface area contributed by atoms with Crippen LogP contribution in [0.1, 0.15) is 23.9 Å². The van der Waals surface area contributed by atoms with Crippen LogP contribution < -0.4 is 11.2 Å². The normalized spacial score (nSPS) is 11.5. The summed E-state index contributed by atoms with van der Waals surface area (Å²) in [7, 11) is 0. The van der Waals surface area contributed by atoms with E-state index in [1.807, 2.05) is 51.1 Å². The zero-order valence-electron chi connectivity index (χ0n) is 13.9. The highest BCUT2D eigenvalue weighted by molar-refractivity contribution is 5.99. The Bertz CT molecular complexity index is 878. The Balaban J connectivity index is 1.81. The second-order valence-corrected chi connectivity index (χ2v) is 5.53. The zero-order valence-corrected chi connectivity index (χ0v) is 13.9. The highest BCUT2D eigenvalue weighted by atomic mass is 15.3. The molecule has 0 radical (unpaired) electrons. The Labute approximate surface area is 140 Å². The average Bonchev–Trinajstić information content (AvgIpc) is 2.92. The molecule has 0 bridgehead atoms. The SMILES string of the molecule is C/C(=N\Nc1cc(-n2nc(C)cc2C)ncn1)c1ccc(N)cc1. The molecule has 0 saturated carbocycles. The van der Waals surface area contributed by atoms with Gasteiger partial charge in [0, 0.05) is 17.4 Å².